The lowest BCUT2D eigenvalue weighted by molar-refractivity contribution is -0.124. The van der Waals surface area contributed by atoms with Crippen LogP contribution < -0.4 is 15.8 Å². The van der Waals surface area contributed by atoms with Gasteiger partial charge in [0.25, 0.3) is 5.91 Å². The Morgan fingerprint density at radius 2 is 2.43 bits per heavy atom. The predicted octanol–water partition coefficient (Wildman–Crippen LogP) is 1.11. The van der Waals surface area contributed by atoms with E-state index in [1.54, 1.807) is 6.07 Å². The molecule has 14 heavy (non-hydrogen) atoms. The van der Waals surface area contributed by atoms with Gasteiger partial charge in [0.15, 0.2) is 6.10 Å². The number of ether oxygens (including phenoxy) is 1. The van der Waals surface area contributed by atoms with Crippen molar-refractivity contribution in [1.82, 2.24) is 0 Å². The molecule has 1 atom stereocenters. The van der Waals surface area contributed by atoms with E-state index in [1.807, 2.05) is 12.1 Å². The number of benzene rings is 1. The first-order valence-corrected chi connectivity index (χ1v) is 4.95. The summed E-state index contributed by atoms with van der Waals surface area (Å²) in [7, 11) is 0. The zero-order valence-electron chi connectivity index (χ0n) is 7.29. The van der Waals surface area contributed by atoms with Crippen molar-refractivity contribution in [3.8, 4) is 5.75 Å². The van der Waals surface area contributed by atoms with Crippen molar-refractivity contribution in [2.75, 3.05) is 11.9 Å². The van der Waals surface area contributed by atoms with Gasteiger partial charge in [-0.25, -0.2) is 0 Å². The highest BCUT2D eigenvalue weighted by Crippen LogP contribution is 2.31. The summed E-state index contributed by atoms with van der Waals surface area (Å²) in [6, 6.07) is 5.54. The molecule has 1 amide bonds. The van der Waals surface area contributed by atoms with Crippen molar-refractivity contribution in [3.05, 3.63) is 22.7 Å². The van der Waals surface area contributed by atoms with Crippen molar-refractivity contribution < 1.29 is 9.53 Å². The fraction of sp³-hybridized carbons (Fsp3) is 0.222. The van der Waals surface area contributed by atoms with Gasteiger partial charge in [-0.15, -0.1) is 0 Å². The van der Waals surface area contributed by atoms with E-state index in [0.717, 1.165) is 10.2 Å². The molecule has 1 heterocycles. The summed E-state index contributed by atoms with van der Waals surface area (Å²) >= 11 is 3.35. The number of nitrogens with two attached hydrogens (primary N) is 1. The third-order valence-electron chi connectivity index (χ3n) is 2.01. The Morgan fingerprint density at radius 1 is 1.64 bits per heavy atom. The van der Waals surface area contributed by atoms with E-state index in [9.17, 15) is 4.79 Å². The highest BCUT2D eigenvalue weighted by Gasteiger charge is 2.23. The Bertz CT molecular complexity index is 381. The van der Waals surface area contributed by atoms with Gasteiger partial charge in [0.05, 0.1) is 12.2 Å². The number of primary amides is 1. The number of rotatable bonds is 1. The topological polar surface area (TPSA) is 64.4 Å². The summed E-state index contributed by atoms with van der Waals surface area (Å²) in [6.07, 6.45) is -0.580. The number of anilines is 1. The Balaban J connectivity index is 2.27. The number of halogens is 1. The molecule has 0 aliphatic carbocycles. The lowest BCUT2D eigenvalue weighted by Gasteiger charge is -2.25. The highest BCUT2D eigenvalue weighted by atomic mass is 79.9. The smallest absolute Gasteiger partial charge is 0.260 e. The number of hydrogen-bond donors (Lipinski definition) is 2. The van der Waals surface area contributed by atoms with Crippen molar-refractivity contribution >= 4 is 27.5 Å². The molecule has 1 aromatic carbocycles. The number of amides is 1. The van der Waals surface area contributed by atoms with Crippen LogP contribution in [-0.2, 0) is 4.79 Å². The molecule has 74 valence electrons. The minimum Gasteiger partial charge on any atom is -0.477 e. The van der Waals surface area contributed by atoms with Crippen LogP contribution in [-0.4, -0.2) is 18.6 Å². The van der Waals surface area contributed by atoms with Gasteiger partial charge in [-0.05, 0) is 18.2 Å². The Kier molecular flexibility index (Phi) is 2.33. The van der Waals surface area contributed by atoms with Crippen LogP contribution in [0.15, 0.2) is 22.7 Å². The SMILES string of the molecule is NC(=O)C1CNc2cc(Br)ccc2O1. The molecule has 0 radical (unpaired) electrons. The first-order valence-electron chi connectivity index (χ1n) is 4.16. The normalized spacial score (nSPS) is 19.1. The molecule has 0 bridgehead atoms. The van der Waals surface area contributed by atoms with Crippen molar-refractivity contribution in [2.24, 2.45) is 5.73 Å². The van der Waals surface area contributed by atoms with Crippen LogP contribution >= 0.6 is 15.9 Å². The monoisotopic (exact) mass is 256 g/mol. The quantitative estimate of drug-likeness (QED) is 0.792. The Labute approximate surface area is 89.6 Å². The van der Waals surface area contributed by atoms with E-state index in [2.05, 4.69) is 21.2 Å². The minimum atomic E-state index is -0.580. The zero-order chi connectivity index (χ0) is 10.1. The molecule has 0 saturated heterocycles. The molecule has 0 spiro atoms. The maximum atomic E-state index is 10.9. The third kappa shape index (κ3) is 1.68. The molecule has 1 unspecified atom stereocenters. The van der Waals surface area contributed by atoms with Crippen molar-refractivity contribution in [1.29, 1.82) is 0 Å². The third-order valence-corrected chi connectivity index (χ3v) is 2.50. The van der Waals surface area contributed by atoms with Crippen molar-refractivity contribution in [3.63, 3.8) is 0 Å². The summed E-state index contributed by atoms with van der Waals surface area (Å²) < 4.78 is 6.35. The summed E-state index contributed by atoms with van der Waals surface area (Å²) in [5.41, 5.74) is 6.01. The fourth-order valence-corrected chi connectivity index (χ4v) is 1.66. The Hall–Kier alpha value is -1.23. The highest BCUT2D eigenvalue weighted by molar-refractivity contribution is 9.10. The molecule has 1 aliphatic rings. The first-order chi connectivity index (χ1) is 6.66. The maximum Gasteiger partial charge on any atom is 0.260 e. The van der Waals surface area contributed by atoms with Crippen LogP contribution in [0.5, 0.6) is 5.75 Å². The molecule has 0 aromatic heterocycles. The second-order valence-electron chi connectivity index (χ2n) is 3.03. The van der Waals surface area contributed by atoms with Gasteiger partial charge in [0.1, 0.15) is 5.75 Å². The van der Waals surface area contributed by atoms with Crippen LogP contribution in [0.3, 0.4) is 0 Å². The second-order valence-corrected chi connectivity index (χ2v) is 3.95. The molecule has 1 aliphatic heterocycles. The van der Waals surface area contributed by atoms with Crippen LogP contribution in [0.4, 0.5) is 5.69 Å². The van der Waals surface area contributed by atoms with Crippen LogP contribution in [0.25, 0.3) is 0 Å². The maximum absolute atomic E-state index is 10.9. The van der Waals surface area contributed by atoms with E-state index in [0.29, 0.717) is 12.3 Å². The van der Waals surface area contributed by atoms with Crippen LogP contribution in [0.2, 0.25) is 0 Å². The number of carbonyl (C=O) groups is 1. The number of nitrogens with one attached hydrogen (secondary N) is 1. The van der Waals surface area contributed by atoms with Gasteiger partial charge in [0.2, 0.25) is 0 Å². The average Bonchev–Trinajstić information content (AvgIpc) is 2.16. The van der Waals surface area contributed by atoms with E-state index in [1.165, 1.54) is 0 Å². The molecule has 0 fully saturated rings. The number of fused-ring (bicyclic) bond motifs is 1. The van der Waals surface area contributed by atoms with Gasteiger partial charge >= 0.3 is 0 Å². The van der Waals surface area contributed by atoms with E-state index in [-0.39, 0.29) is 0 Å². The molecular formula is C9H9BrN2O2. The standard InChI is InChI=1S/C9H9BrN2O2/c10-5-1-2-7-6(3-5)12-4-8(14-7)9(11)13/h1-3,8,12H,4H2,(H2,11,13). The lowest BCUT2D eigenvalue weighted by Crippen LogP contribution is -2.41. The average molecular weight is 257 g/mol. The van der Waals surface area contributed by atoms with Gasteiger partial charge in [-0.1, -0.05) is 15.9 Å². The van der Waals surface area contributed by atoms with Crippen molar-refractivity contribution in [2.45, 2.75) is 6.10 Å². The van der Waals surface area contributed by atoms with Gasteiger partial charge in [0, 0.05) is 4.47 Å². The first kappa shape index (κ1) is 9.33. The molecule has 2 rings (SSSR count). The summed E-state index contributed by atoms with van der Waals surface area (Å²) in [5.74, 6) is 0.203. The van der Waals surface area contributed by atoms with Gasteiger partial charge in [-0.3, -0.25) is 4.79 Å². The predicted molar refractivity (Wildman–Crippen MR) is 56.2 cm³/mol. The molecule has 3 N–H and O–H groups in total. The molecule has 0 saturated carbocycles. The number of hydrogen-bond acceptors (Lipinski definition) is 3. The zero-order valence-corrected chi connectivity index (χ0v) is 8.87. The Morgan fingerprint density at radius 3 is 3.14 bits per heavy atom. The number of carbonyl (C=O) groups excluding carboxylic acids is 1. The summed E-state index contributed by atoms with van der Waals surface area (Å²) in [6.45, 7) is 0.415. The van der Waals surface area contributed by atoms with E-state index < -0.39 is 12.0 Å². The van der Waals surface area contributed by atoms with Crippen LogP contribution in [0, 0.1) is 0 Å². The van der Waals surface area contributed by atoms with Gasteiger partial charge < -0.3 is 15.8 Å². The largest absolute Gasteiger partial charge is 0.477 e. The fourth-order valence-electron chi connectivity index (χ4n) is 1.30. The molecule has 4 nitrogen and oxygen atoms in total. The van der Waals surface area contributed by atoms with E-state index in [4.69, 9.17) is 10.5 Å². The molecule has 1 aromatic rings. The minimum absolute atomic E-state index is 0.415. The molecule has 5 heteroatoms. The summed E-state index contributed by atoms with van der Waals surface area (Å²) in [4.78, 5) is 10.9. The second kappa shape index (κ2) is 3.49. The molecular weight excluding hydrogens is 248 g/mol. The lowest BCUT2D eigenvalue weighted by atomic mass is 10.2. The van der Waals surface area contributed by atoms with E-state index >= 15 is 0 Å². The van der Waals surface area contributed by atoms with Gasteiger partial charge in [-0.2, -0.15) is 0 Å². The van der Waals surface area contributed by atoms with Crippen LogP contribution in [0.1, 0.15) is 0 Å². The summed E-state index contributed by atoms with van der Waals surface area (Å²) in [5, 5.41) is 3.08.